The molecule has 0 unspecified atom stereocenters. The van der Waals surface area contributed by atoms with Crippen molar-refractivity contribution in [3.8, 4) is 11.5 Å². The smallest absolute Gasteiger partial charge is 0.281 e. The summed E-state index contributed by atoms with van der Waals surface area (Å²) in [7, 11) is 0. The number of rotatable bonds is 3. The third-order valence-electron chi connectivity index (χ3n) is 5.69. The average molecular weight is 356 g/mol. The molecule has 3 aromatic rings. The Balaban J connectivity index is 1.51. The first-order valence-corrected chi connectivity index (χ1v) is 8.83. The van der Waals surface area contributed by atoms with Gasteiger partial charge in [-0.25, -0.2) is 28.7 Å². The maximum atomic E-state index is 13.0. The van der Waals surface area contributed by atoms with E-state index in [0.29, 0.717) is 22.6 Å². The number of aromatic nitrogens is 5. The van der Waals surface area contributed by atoms with Crippen LogP contribution in [0.4, 0.5) is 14.6 Å². The summed E-state index contributed by atoms with van der Waals surface area (Å²) in [6.07, 6.45) is 8.48. The predicted molar refractivity (Wildman–Crippen MR) is 92.1 cm³/mol. The van der Waals surface area contributed by atoms with Gasteiger partial charge in [-0.2, -0.15) is 0 Å². The summed E-state index contributed by atoms with van der Waals surface area (Å²) in [6.45, 7) is 2.04. The van der Waals surface area contributed by atoms with E-state index in [1.807, 2.05) is 6.07 Å². The Morgan fingerprint density at radius 2 is 1.96 bits per heavy atom. The largest absolute Gasteiger partial charge is 0.356 e. The van der Waals surface area contributed by atoms with Crippen LogP contribution in [-0.2, 0) is 0 Å². The molecular formula is C18H18F2N6. The monoisotopic (exact) mass is 356 g/mol. The molecule has 0 atom stereocenters. The molecule has 0 amide bonds. The molecule has 0 bridgehead atoms. The fourth-order valence-electron chi connectivity index (χ4n) is 4.05. The van der Waals surface area contributed by atoms with Gasteiger partial charge in [0.2, 0.25) is 0 Å². The SMILES string of the molecule is FC(F)c1cn2c(-c3nccc(N4CCC5(CCC5)C4)n3)cnc2cn1. The van der Waals surface area contributed by atoms with Gasteiger partial charge in [0, 0.05) is 25.5 Å². The highest BCUT2D eigenvalue weighted by molar-refractivity contribution is 5.58. The zero-order valence-electron chi connectivity index (χ0n) is 14.1. The van der Waals surface area contributed by atoms with E-state index in [1.54, 1.807) is 16.8 Å². The fraction of sp³-hybridized carbons (Fsp3) is 0.444. The normalized spacial score (nSPS) is 18.8. The number of halogens is 2. The molecule has 0 radical (unpaired) electrons. The Morgan fingerprint density at radius 1 is 1.08 bits per heavy atom. The summed E-state index contributed by atoms with van der Waals surface area (Å²) in [5, 5.41) is 0. The molecule has 6 nitrogen and oxygen atoms in total. The van der Waals surface area contributed by atoms with Crippen LogP contribution >= 0.6 is 0 Å². The number of fused-ring (bicyclic) bond motifs is 1. The van der Waals surface area contributed by atoms with Crippen molar-refractivity contribution in [2.75, 3.05) is 18.0 Å². The maximum absolute atomic E-state index is 13.0. The Labute approximate surface area is 148 Å². The van der Waals surface area contributed by atoms with Crippen LogP contribution in [0.1, 0.15) is 37.8 Å². The lowest BCUT2D eigenvalue weighted by molar-refractivity contribution is 0.145. The molecule has 1 saturated heterocycles. The number of anilines is 1. The molecule has 4 heterocycles. The van der Waals surface area contributed by atoms with Crippen LogP contribution in [0.25, 0.3) is 17.2 Å². The van der Waals surface area contributed by atoms with Crippen molar-refractivity contribution in [3.63, 3.8) is 0 Å². The van der Waals surface area contributed by atoms with E-state index in [9.17, 15) is 8.78 Å². The molecule has 1 aliphatic heterocycles. The second-order valence-electron chi connectivity index (χ2n) is 7.25. The molecule has 3 aromatic heterocycles. The highest BCUT2D eigenvalue weighted by atomic mass is 19.3. The van der Waals surface area contributed by atoms with Crippen molar-refractivity contribution in [1.29, 1.82) is 0 Å². The van der Waals surface area contributed by atoms with Gasteiger partial charge >= 0.3 is 0 Å². The number of alkyl halides is 2. The van der Waals surface area contributed by atoms with Crippen LogP contribution in [-0.4, -0.2) is 37.4 Å². The second-order valence-corrected chi connectivity index (χ2v) is 7.25. The van der Waals surface area contributed by atoms with Crippen molar-refractivity contribution in [2.45, 2.75) is 32.1 Å². The van der Waals surface area contributed by atoms with Gasteiger partial charge in [0.1, 0.15) is 17.2 Å². The molecule has 0 aromatic carbocycles. The van der Waals surface area contributed by atoms with Gasteiger partial charge in [-0.15, -0.1) is 0 Å². The lowest BCUT2D eigenvalue weighted by Gasteiger charge is -2.38. The van der Waals surface area contributed by atoms with E-state index in [1.165, 1.54) is 38.1 Å². The standard InChI is InChI=1S/C18H18F2N6/c19-16(20)12-10-26-13(8-23-15(26)9-22-12)17-21-6-2-14(24-17)25-7-5-18(11-25)3-1-4-18/h2,6,8-10,16H,1,3-5,7,11H2. The molecule has 0 N–H and O–H groups in total. The van der Waals surface area contributed by atoms with Crippen molar-refractivity contribution < 1.29 is 8.78 Å². The van der Waals surface area contributed by atoms with E-state index in [0.717, 1.165) is 18.9 Å². The molecule has 2 fully saturated rings. The van der Waals surface area contributed by atoms with Crippen LogP contribution in [0.2, 0.25) is 0 Å². The van der Waals surface area contributed by atoms with Crippen molar-refractivity contribution >= 4 is 11.5 Å². The van der Waals surface area contributed by atoms with Gasteiger partial charge in [0.25, 0.3) is 6.43 Å². The highest BCUT2D eigenvalue weighted by Gasteiger charge is 2.43. The number of hydrogen-bond donors (Lipinski definition) is 0. The molecule has 2 aliphatic rings. The van der Waals surface area contributed by atoms with E-state index in [-0.39, 0.29) is 5.69 Å². The summed E-state index contributed by atoms with van der Waals surface area (Å²) in [5.41, 5.74) is 1.27. The minimum absolute atomic E-state index is 0.292. The first kappa shape index (κ1) is 15.6. The topological polar surface area (TPSA) is 59.2 Å². The first-order chi connectivity index (χ1) is 12.6. The second kappa shape index (κ2) is 5.69. The van der Waals surface area contributed by atoms with Crippen molar-refractivity contribution in [3.05, 3.63) is 36.5 Å². The minimum Gasteiger partial charge on any atom is -0.356 e. The lowest BCUT2D eigenvalue weighted by atomic mass is 9.68. The van der Waals surface area contributed by atoms with Gasteiger partial charge in [-0.3, -0.25) is 4.40 Å². The maximum Gasteiger partial charge on any atom is 0.281 e. The summed E-state index contributed by atoms with van der Waals surface area (Å²) >= 11 is 0. The van der Waals surface area contributed by atoms with Crippen LogP contribution in [0.3, 0.4) is 0 Å². The van der Waals surface area contributed by atoms with E-state index >= 15 is 0 Å². The molecule has 26 heavy (non-hydrogen) atoms. The van der Waals surface area contributed by atoms with Crippen LogP contribution < -0.4 is 4.90 Å². The number of hydrogen-bond acceptors (Lipinski definition) is 5. The van der Waals surface area contributed by atoms with E-state index in [4.69, 9.17) is 4.98 Å². The van der Waals surface area contributed by atoms with Gasteiger partial charge in [0.05, 0.1) is 12.4 Å². The van der Waals surface area contributed by atoms with Crippen molar-refractivity contribution in [1.82, 2.24) is 24.3 Å². The van der Waals surface area contributed by atoms with Crippen LogP contribution in [0.15, 0.2) is 30.9 Å². The minimum atomic E-state index is -2.63. The number of imidazole rings is 1. The first-order valence-electron chi connectivity index (χ1n) is 8.83. The zero-order valence-corrected chi connectivity index (χ0v) is 14.1. The third-order valence-corrected chi connectivity index (χ3v) is 5.69. The van der Waals surface area contributed by atoms with Gasteiger partial charge in [0.15, 0.2) is 11.5 Å². The molecule has 1 aliphatic carbocycles. The Hall–Kier alpha value is -2.64. The molecule has 5 rings (SSSR count). The Morgan fingerprint density at radius 3 is 2.69 bits per heavy atom. The van der Waals surface area contributed by atoms with Gasteiger partial charge < -0.3 is 4.90 Å². The molecular weight excluding hydrogens is 338 g/mol. The molecule has 134 valence electrons. The van der Waals surface area contributed by atoms with Gasteiger partial charge in [-0.1, -0.05) is 6.42 Å². The zero-order chi connectivity index (χ0) is 17.7. The fourth-order valence-corrected chi connectivity index (χ4v) is 4.05. The lowest BCUT2D eigenvalue weighted by Crippen LogP contribution is -2.33. The van der Waals surface area contributed by atoms with Crippen LogP contribution in [0, 0.1) is 5.41 Å². The predicted octanol–water partition coefficient (Wildman–Crippen LogP) is 3.50. The van der Waals surface area contributed by atoms with E-state index < -0.39 is 6.43 Å². The molecule has 1 saturated carbocycles. The quantitative estimate of drug-likeness (QED) is 0.719. The summed E-state index contributed by atoms with van der Waals surface area (Å²) in [4.78, 5) is 19.3. The van der Waals surface area contributed by atoms with E-state index in [2.05, 4.69) is 19.9 Å². The average Bonchev–Trinajstić information content (AvgIpc) is 3.26. The molecule has 8 heteroatoms. The third kappa shape index (κ3) is 2.43. The number of nitrogens with zero attached hydrogens (tertiary/aromatic N) is 6. The Bertz CT molecular complexity index is 965. The van der Waals surface area contributed by atoms with Crippen LogP contribution in [0.5, 0.6) is 0 Å². The van der Waals surface area contributed by atoms with Crippen molar-refractivity contribution in [2.24, 2.45) is 5.41 Å². The summed E-state index contributed by atoms with van der Waals surface area (Å²) < 4.78 is 27.5. The summed E-state index contributed by atoms with van der Waals surface area (Å²) in [6, 6.07) is 1.91. The summed E-state index contributed by atoms with van der Waals surface area (Å²) in [5.74, 6) is 1.37. The Kier molecular flexibility index (Phi) is 3.41. The highest BCUT2D eigenvalue weighted by Crippen LogP contribution is 2.48. The van der Waals surface area contributed by atoms with Gasteiger partial charge in [-0.05, 0) is 30.7 Å². The molecule has 1 spiro atoms.